The van der Waals surface area contributed by atoms with Gasteiger partial charge in [-0.2, -0.15) is 0 Å². The number of oxazole rings is 1. The van der Waals surface area contributed by atoms with Crippen molar-refractivity contribution in [3.63, 3.8) is 0 Å². The van der Waals surface area contributed by atoms with Crippen LogP contribution in [-0.2, 0) is 9.53 Å². The van der Waals surface area contributed by atoms with E-state index in [0.717, 1.165) is 16.5 Å². The molecule has 0 spiro atoms. The molecule has 162 valence electrons. The summed E-state index contributed by atoms with van der Waals surface area (Å²) in [4.78, 5) is 34.0. The highest BCUT2D eigenvalue weighted by atomic mass is 16.5. The fourth-order valence-electron chi connectivity index (χ4n) is 3.67. The molecule has 0 unspecified atom stereocenters. The number of nitrogens with zero attached hydrogens (tertiary/aromatic N) is 2. The number of carbonyl (C=O) groups is 2. The highest BCUT2D eigenvalue weighted by Gasteiger charge is 2.19. The number of para-hydroxylation sites is 2. The molecule has 0 bridgehead atoms. The Hall–Kier alpha value is -4.52. The predicted molar refractivity (Wildman–Crippen MR) is 125 cm³/mol. The molecule has 33 heavy (non-hydrogen) atoms. The van der Waals surface area contributed by atoms with Gasteiger partial charge < -0.3 is 14.5 Å². The minimum atomic E-state index is -0.614. The number of hydrogen-bond donors (Lipinski definition) is 1. The molecule has 5 rings (SSSR count). The van der Waals surface area contributed by atoms with Crippen LogP contribution in [0.5, 0.6) is 0 Å². The van der Waals surface area contributed by atoms with Gasteiger partial charge in [0.1, 0.15) is 11.3 Å². The summed E-state index contributed by atoms with van der Waals surface area (Å²) in [5.74, 6) is -0.242. The first-order valence-electron chi connectivity index (χ1n) is 10.4. The van der Waals surface area contributed by atoms with Crippen LogP contribution >= 0.6 is 0 Å². The summed E-state index contributed by atoms with van der Waals surface area (Å²) < 4.78 is 11.3. The lowest BCUT2D eigenvalue weighted by molar-refractivity contribution is -0.119. The SMILES string of the molecule is Cc1cccnc1NC(=O)COC(=O)c1cccc2cccc(-c3nc4ccccc4o3)c12. The number of hydrogen-bond acceptors (Lipinski definition) is 6. The average molecular weight is 437 g/mol. The van der Waals surface area contributed by atoms with Crippen LogP contribution < -0.4 is 5.32 Å². The molecular weight excluding hydrogens is 418 g/mol. The molecule has 0 saturated heterocycles. The number of anilines is 1. The van der Waals surface area contributed by atoms with Gasteiger partial charge in [0.05, 0.1) is 5.56 Å². The Kier molecular flexibility index (Phi) is 5.28. The molecule has 1 amide bonds. The Morgan fingerprint density at radius 2 is 1.79 bits per heavy atom. The van der Waals surface area contributed by atoms with E-state index in [1.807, 2.05) is 61.5 Å². The molecule has 0 atom stereocenters. The van der Waals surface area contributed by atoms with Gasteiger partial charge in [0.15, 0.2) is 12.2 Å². The molecule has 0 aliphatic rings. The van der Waals surface area contributed by atoms with Gasteiger partial charge in [-0.05, 0) is 48.2 Å². The van der Waals surface area contributed by atoms with E-state index in [0.29, 0.717) is 33.8 Å². The number of amides is 1. The quantitative estimate of drug-likeness (QED) is 0.382. The second-order valence-corrected chi connectivity index (χ2v) is 7.49. The summed E-state index contributed by atoms with van der Waals surface area (Å²) in [7, 11) is 0. The first kappa shape index (κ1) is 20.4. The molecule has 0 radical (unpaired) electrons. The van der Waals surface area contributed by atoms with Crippen molar-refractivity contribution in [1.82, 2.24) is 9.97 Å². The van der Waals surface area contributed by atoms with Crippen molar-refractivity contribution >= 4 is 39.6 Å². The van der Waals surface area contributed by atoms with Crippen molar-refractivity contribution in [2.24, 2.45) is 0 Å². The molecule has 0 aliphatic carbocycles. The number of fused-ring (bicyclic) bond motifs is 2. The van der Waals surface area contributed by atoms with Gasteiger partial charge in [-0.25, -0.2) is 14.8 Å². The Balaban J connectivity index is 1.44. The van der Waals surface area contributed by atoms with Crippen molar-refractivity contribution in [3.05, 3.63) is 90.1 Å². The van der Waals surface area contributed by atoms with Crippen molar-refractivity contribution < 1.29 is 18.7 Å². The Bertz CT molecular complexity index is 1470. The van der Waals surface area contributed by atoms with Crippen LogP contribution in [0.3, 0.4) is 0 Å². The molecular formula is C26H19N3O4. The third-order valence-corrected chi connectivity index (χ3v) is 5.25. The van der Waals surface area contributed by atoms with Crippen LogP contribution in [0.1, 0.15) is 15.9 Å². The Morgan fingerprint density at radius 1 is 0.970 bits per heavy atom. The molecule has 1 N–H and O–H groups in total. The van der Waals surface area contributed by atoms with Crippen molar-refractivity contribution in [3.8, 4) is 11.5 Å². The van der Waals surface area contributed by atoms with E-state index in [1.54, 1.807) is 24.4 Å². The average Bonchev–Trinajstić information content (AvgIpc) is 3.27. The van der Waals surface area contributed by atoms with E-state index >= 15 is 0 Å². The molecule has 0 saturated carbocycles. The number of pyridine rings is 1. The molecule has 2 aromatic heterocycles. The standard InChI is InChI=1S/C26H19N3O4/c1-16-7-6-14-27-24(16)29-22(30)15-32-26(31)19-11-5-9-17-8-4-10-18(23(17)19)25-28-20-12-2-3-13-21(20)33-25/h2-14H,15H2,1H3,(H,27,29,30). The topological polar surface area (TPSA) is 94.3 Å². The van der Waals surface area contributed by atoms with Gasteiger partial charge in [0, 0.05) is 17.1 Å². The first-order chi connectivity index (χ1) is 16.1. The van der Waals surface area contributed by atoms with E-state index in [4.69, 9.17) is 9.15 Å². The van der Waals surface area contributed by atoms with E-state index in [9.17, 15) is 9.59 Å². The smallest absolute Gasteiger partial charge is 0.339 e. The highest BCUT2D eigenvalue weighted by molar-refractivity contribution is 6.10. The van der Waals surface area contributed by atoms with Crippen molar-refractivity contribution in [2.75, 3.05) is 11.9 Å². The molecule has 2 heterocycles. The highest BCUT2D eigenvalue weighted by Crippen LogP contribution is 2.33. The van der Waals surface area contributed by atoms with Crippen LogP contribution in [0.2, 0.25) is 0 Å². The zero-order chi connectivity index (χ0) is 22.8. The van der Waals surface area contributed by atoms with Crippen LogP contribution in [0.4, 0.5) is 5.82 Å². The van der Waals surface area contributed by atoms with Crippen LogP contribution in [0, 0.1) is 6.92 Å². The maximum Gasteiger partial charge on any atom is 0.339 e. The van der Waals surface area contributed by atoms with Crippen molar-refractivity contribution in [1.29, 1.82) is 0 Å². The van der Waals surface area contributed by atoms with E-state index < -0.39 is 18.5 Å². The normalized spacial score (nSPS) is 10.9. The lowest BCUT2D eigenvalue weighted by Crippen LogP contribution is -2.22. The number of aryl methyl sites for hydroxylation is 1. The number of nitrogens with one attached hydrogen (secondary N) is 1. The minimum absolute atomic E-state index is 0.326. The molecule has 0 fully saturated rings. The largest absolute Gasteiger partial charge is 0.452 e. The maximum atomic E-state index is 13.0. The molecule has 7 nitrogen and oxygen atoms in total. The summed E-state index contributed by atoms with van der Waals surface area (Å²) in [6.07, 6.45) is 1.58. The van der Waals surface area contributed by atoms with Crippen LogP contribution in [0.15, 0.2) is 83.4 Å². The molecule has 0 aliphatic heterocycles. The monoisotopic (exact) mass is 437 g/mol. The third-order valence-electron chi connectivity index (χ3n) is 5.25. The summed E-state index contributed by atoms with van der Waals surface area (Å²) in [5.41, 5.74) is 3.20. The number of benzene rings is 3. The van der Waals surface area contributed by atoms with Crippen LogP contribution in [0.25, 0.3) is 33.3 Å². The minimum Gasteiger partial charge on any atom is -0.452 e. The van der Waals surface area contributed by atoms with Gasteiger partial charge >= 0.3 is 5.97 Å². The second-order valence-electron chi connectivity index (χ2n) is 7.49. The van der Waals surface area contributed by atoms with E-state index in [-0.39, 0.29) is 0 Å². The fraction of sp³-hybridized carbons (Fsp3) is 0.0769. The Morgan fingerprint density at radius 3 is 2.61 bits per heavy atom. The maximum absolute atomic E-state index is 13.0. The predicted octanol–water partition coefficient (Wildman–Crippen LogP) is 5.15. The van der Waals surface area contributed by atoms with Gasteiger partial charge in [0.25, 0.3) is 5.91 Å². The van der Waals surface area contributed by atoms with Crippen molar-refractivity contribution in [2.45, 2.75) is 6.92 Å². The Labute approximate surface area is 189 Å². The van der Waals surface area contributed by atoms with Gasteiger partial charge in [0.2, 0.25) is 5.89 Å². The number of rotatable bonds is 5. The number of aromatic nitrogens is 2. The second kappa shape index (κ2) is 8.55. The number of esters is 1. The fourth-order valence-corrected chi connectivity index (χ4v) is 3.67. The summed E-state index contributed by atoms with van der Waals surface area (Å²) in [5, 5.41) is 4.14. The van der Waals surface area contributed by atoms with Gasteiger partial charge in [-0.15, -0.1) is 0 Å². The summed E-state index contributed by atoms with van der Waals surface area (Å²) in [6, 6.07) is 22.0. The zero-order valence-corrected chi connectivity index (χ0v) is 17.7. The lowest BCUT2D eigenvalue weighted by Gasteiger charge is -2.11. The van der Waals surface area contributed by atoms with E-state index in [1.165, 1.54) is 0 Å². The summed E-state index contributed by atoms with van der Waals surface area (Å²) in [6.45, 7) is 1.40. The summed E-state index contributed by atoms with van der Waals surface area (Å²) >= 11 is 0. The van der Waals surface area contributed by atoms with Gasteiger partial charge in [-0.3, -0.25) is 4.79 Å². The molecule has 5 aromatic rings. The number of ether oxygens (including phenoxy) is 1. The first-order valence-corrected chi connectivity index (χ1v) is 10.4. The van der Waals surface area contributed by atoms with E-state index in [2.05, 4.69) is 15.3 Å². The molecule has 3 aromatic carbocycles. The molecule has 7 heteroatoms. The van der Waals surface area contributed by atoms with Crippen LogP contribution in [-0.4, -0.2) is 28.5 Å². The number of carbonyl (C=O) groups excluding carboxylic acids is 2. The van der Waals surface area contributed by atoms with Gasteiger partial charge in [-0.1, -0.05) is 42.5 Å². The third kappa shape index (κ3) is 4.04. The zero-order valence-electron chi connectivity index (χ0n) is 17.7. The lowest BCUT2D eigenvalue weighted by atomic mass is 9.99.